The molecule has 0 saturated heterocycles. The van der Waals surface area contributed by atoms with Gasteiger partial charge in [-0.2, -0.15) is 0 Å². The minimum atomic E-state index is -4.00. The number of rotatable bonds is 7. The van der Waals surface area contributed by atoms with Gasteiger partial charge in [-0.1, -0.05) is 67.1 Å². The van der Waals surface area contributed by atoms with Gasteiger partial charge in [0.25, 0.3) is 10.0 Å². The van der Waals surface area contributed by atoms with E-state index in [1.807, 2.05) is 17.7 Å². The summed E-state index contributed by atoms with van der Waals surface area (Å²) in [5.74, 6) is -0.465. The summed E-state index contributed by atoms with van der Waals surface area (Å²) in [5.41, 5.74) is 4.89. The first-order valence-electron chi connectivity index (χ1n) is 12.0. The molecule has 3 rings (SSSR count). The molecule has 0 aliphatic carbocycles. The third-order valence-corrected chi connectivity index (χ3v) is 6.65. The van der Waals surface area contributed by atoms with Crippen molar-refractivity contribution in [1.82, 2.24) is 4.72 Å². The van der Waals surface area contributed by atoms with Gasteiger partial charge in [0.05, 0.1) is 11.5 Å². The van der Waals surface area contributed by atoms with Gasteiger partial charge in [-0.3, -0.25) is 0 Å². The molecule has 0 aliphatic heterocycles. The number of carbonyl (C=O) groups excluding carboxylic acids is 2. The van der Waals surface area contributed by atoms with E-state index in [0.29, 0.717) is 16.8 Å². The van der Waals surface area contributed by atoms with Gasteiger partial charge in [-0.25, -0.2) is 22.7 Å². The van der Waals surface area contributed by atoms with Crippen molar-refractivity contribution in [3.05, 3.63) is 101 Å². The largest absolute Gasteiger partial charge is 0.463 e. The number of urea groups is 1. The van der Waals surface area contributed by atoms with E-state index in [1.54, 1.807) is 50.3 Å². The van der Waals surface area contributed by atoms with Crippen molar-refractivity contribution in [2.24, 2.45) is 0 Å². The Hall–Kier alpha value is -3.91. The smallest absolute Gasteiger partial charge is 0.333 e. The molecule has 0 heterocycles. The van der Waals surface area contributed by atoms with Crippen LogP contribution in [0.15, 0.2) is 83.3 Å². The first-order valence-corrected chi connectivity index (χ1v) is 13.4. The highest BCUT2D eigenvalue weighted by molar-refractivity contribution is 7.90. The first-order chi connectivity index (χ1) is 17.6. The van der Waals surface area contributed by atoms with E-state index in [0.717, 1.165) is 12.0 Å². The molecular weight excluding hydrogens is 488 g/mol. The van der Waals surface area contributed by atoms with Crippen LogP contribution in [0.4, 0.5) is 10.5 Å². The lowest BCUT2D eigenvalue weighted by molar-refractivity contribution is -0.138. The molecule has 3 aromatic rings. The van der Waals surface area contributed by atoms with Crippen molar-refractivity contribution >= 4 is 33.8 Å². The van der Waals surface area contributed by atoms with Gasteiger partial charge in [0.15, 0.2) is 0 Å². The maximum Gasteiger partial charge on any atom is 0.333 e. The molecular formula is C29H34N2O5S. The molecule has 196 valence electrons. The van der Waals surface area contributed by atoms with E-state index in [2.05, 4.69) is 43.4 Å². The van der Waals surface area contributed by atoms with Crippen LogP contribution in [0.2, 0.25) is 0 Å². The Morgan fingerprint density at radius 3 is 2.19 bits per heavy atom. The number of hydrogen-bond acceptors (Lipinski definition) is 5. The number of ether oxygens (including phenoxy) is 1. The highest BCUT2D eigenvalue weighted by Gasteiger charge is 2.18. The molecule has 0 aromatic heterocycles. The fourth-order valence-corrected chi connectivity index (χ4v) is 4.29. The van der Waals surface area contributed by atoms with Crippen LogP contribution in [0.1, 0.15) is 43.0 Å². The zero-order valence-electron chi connectivity index (χ0n) is 21.9. The number of esters is 1. The fraction of sp³-hybridized carbons (Fsp3) is 0.241. The molecule has 3 aromatic carbocycles. The number of nitrogens with one attached hydrogen (secondary N) is 2. The molecule has 0 fully saturated rings. The summed E-state index contributed by atoms with van der Waals surface area (Å²) < 4.78 is 31.5. The predicted octanol–water partition coefficient (Wildman–Crippen LogP) is 6.03. The Morgan fingerprint density at radius 2 is 1.59 bits per heavy atom. The second-order valence-corrected chi connectivity index (χ2v) is 9.98. The lowest BCUT2D eigenvalue weighted by Gasteiger charge is -2.13. The minimum Gasteiger partial charge on any atom is -0.463 e. The molecule has 2 N–H and O–H groups in total. The van der Waals surface area contributed by atoms with Crippen LogP contribution >= 0.6 is 0 Å². The Labute approximate surface area is 219 Å². The van der Waals surface area contributed by atoms with Gasteiger partial charge in [0.2, 0.25) is 0 Å². The lowest BCUT2D eigenvalue weighted by Crippen LogP contribution is -2.34. The summed E-state index contributed by atoms with van der Waals surface area (Å²) in [6.45, 7) is 9.68. The van der Waals surface area contributed by atoms with E-state index in [1.165, 1.54) is 23.3 Å². The Balaban J connectivity index is 0.000000449. The number of sulfonamides is 1. The molecule has 0 bridgehead atoms. The van der Waals surface area contributed by atoms with Crippen LogP contribution in [-0.4, -0.2) is 27.0 Å². The van der Waals surface area contributed by atoms with Crippen LogP contribution in [0.5, 0.6) is 0 Å². The molecule has 0 saturated carbocycles. The molecule has 7 nitrogen and oxygen atoms in total. The molecule has 8 heteroatoms. The lowest BCUT2D eigenvalue weighted by atomic mass is 10.0. The van der Waals surface area contributed by atoms with Crippen molar-refractivity contribution < 1.29 is 22.7 Å². The fourth-order valence-electron chi connectivity index (χ4n) is 3.36. The Morgan fingerprint density at radius 1 is 0.919 bits per heavy atom. The third kappa shape index (κ3) is 9.24. The molecule has 0 spiro atoms. The first kappa shape index (κ1) is 29.3. The Kier molecular flexibility index (Phi) is 11.1. The quantitative estimate of drug-likeness (QED) is 0.291. The average Bonchev–Trinajstić information content (AvgIpc) is 2.86. The number of amides is 2. The second kappa shape index (κ2) is 14.0. The van der Waals surface area contributed by atoms with Gasteiger partial charge in [0.1, 0.15) is 0 Å². The van der Waals surface area contributed by atoms with Gasteiger partial charge in [-0.15, -0.1) is 0 Å². The Bertz CT molecular complexity index is 1350. The monoisotopic (exact) mass is 522 g/mol. The van der Waals surface area contributed by atoms with Crippen LogP contribution in [0.25, 0.3) is 6.08 Å². The van der Waals surface area contributed by atoms with Gasteiger partial charge in [-0.05, 0) is 69.5 Å². The maximum absolute atomic E-state index is 12.3. The van der Waals surface area contributed by atoms with Gasteiger partial charge in [0, 0.05) is 16.8 Å². The van der Waals surface area contributed by atoms with E-state index < -0.39 is 22.0 Å². The number of carbonyl (C=O) groups is 2. The van der Waals surface area contributed by atoms with Crippen molar-refractivity contribution in [1.29, 1.82) is 0 Å². The van der Waals surface area contributed by atoms with Crippen molar-refractivity contribution in [3.63, 3.8) is 0 Å². The SMILES string of the molecule is CCOC(=O)/C(C)=C/c1c(C)cccc1NC(=O)NS(=O)(=O)c1ccccc1.CCc1cccc(C)c1. The molecule has 0 radical (unpaired) electrons. The predicted molar refractivity (Wildman–Crippen MR) is 148 cm³/mol. The maximum atomic E-state index is 12.3. The number of hydrogen-bond donors (Lipinski definition) is 2. The van der Waals surface area contributed by atoms with Crippen LogP contribution < -0.4 is 10.0 Å². The number of aryl methyl sites for hydroxylation is 3. The second-order valence-electron chi connectivity index (χ2n) is 8.30. The van der Waals surface area contributed by atoms with Crippen molar-refractivity contribution in [2.45, 2.75) is 45.9 Å². The third-order valence-electron chi connectivity index (χ3n) is 5.30. The average molecular weight is 523 g/mol. The van der Waals surface area contributed by atoms with Crippen LogP contribution in [0, 0.1) is 13.8 Å². The summed E-state index contributed by atoms with van der Waals surface area (Å²) in [5, 5.41) is 2.53. The molecule has 0 aliphatic rings. The van der Waals surface area contributed by atoms with Gasteiger partial charge >= 0.3 is 12.0 Å². The van der Waals surface area contributed by atoms with Crippen LogP contribution in [0.3, 0.4) is 0 Å². The van der Waals surface area contributed by atoms with Crippen LogP contribution in [-0.2, 0) is 26.0 Å². The summed E-state index contributed by atoms with van der Waals surface area (Å²) in [7, 11) is -4.00. The summed E-state index contributed by atoms with van der Waals surface area (Å²) in [6, 6.07) is 20.4. The molecule has 2 amide bonds. The highest BCUT2D eigenvalue weighted by Crippen LogP contribution is 2.23. The van der Waals surface area contributed by atoms with E-state index in [4.69, 9.17) is 4.74 Å². The van der Waals surface area contributed by atoms with E-state index in [9.17, 15) is 18.0 Å². The zero-order valence-corrected chi connectivity index (χ0v) is 22.7. The molecule has 0 unspecified atom stereocenters. The minimum absolute atomic E-state index is 0.0207. The van der Waals surface area contributed by atoms with Crippen molar-refractivity contribution in [3.8, 4) is 0 Å². The zero-order chi connectivity index (χ0) is 27.4. The number of anilines is 1. The normalized spacial score (nSPS) is 11.1. The summed E-state index contributed by atoms with van der Waals surface area (Å²) in [4.78, 5) is 24.1. The van der Waals surface area contributed by atoms with E-state index in [-0.39, 0.29) is 11.5 Å². The molecule has 37 heavy (non-hydrogen) atoms. The van der Waals surface area contributed by atoms with Gasteiger partial charge < -0.3 is 10.1 Å². The molecule has 0 atom stereocenters. The van der Waals surface area contributed by atoms with E-state index >= 15 is 0 Å². The summed E-state index contributed by atoms with van der Waals surface area (Å²) in [6.07, 6.45) is 2.73. The summed E-state index contributed by atoms with van der Waals surface area (Å²) >= 11 is 0. The topological polar surface area (TPSA) is 102 Å². The van der Waals surface area contributed by atoms with Crippen molar-refractivity contribution in [2.75, 3.05) is 11.9 Å². The number of benzene rings is 3. The highest BCUT2D eigenvalue weighted by atomic mass is 32.2. The standard InChI is InChI=1S/C20H22N2O5S.C9H12/c1-4-27-19(23)15(3)13-17-14(2)9-8-12-18(17)21-20(24)22-28(25,26)16-10-6-5-7-11-16;1-3-9-6-4-5-8(2)7-9/h5-13H,4H2,1-3H3,(H2,21,22,24);4-7H,3H2,1-2H3/b15-13+;.